The number of hydrazone groups is 1. The minimum absolute atomic E-state index is 0.136. The van der Waals surface area contributed by atoms with Crippen LogP contribution in [0.1, 0.15) is 12.0 Å². The average Bonchev–Trinajstić information content (AvgIpc) is 3.39. The van der Waals surface area contributed by atoms with E-state index in [0.717, 1.165) is 20.8 Å². The van der Waals surface area contributed by atoms with Crippen molar-refractivity contribution in [3.8, 4) is 5.75 Å². The highest BCUT2D eigenvalue weighted by atomic mass is 79.9. The van der Waals surface area contributed by atoms with Crippen LogP contribution in [0.3, 0.4) is 0 Å². The van der Waals surface area contributed by atoms with Crippen LogP contribution in [0.5, 0.6) is 5.75 Å². The van der Waals surface area contributed by atoms with Crippen LogP contribution in [0.4, 0.5) is 0 Å². The molecular formula is C19H17BrN2O3. The van der Waals surface area contributed by atoms with Gasteiger partial charge >= 0.3 is 0 Å². The Labute approximate surface area is 153 Å². The smallest absolute Gasteiger partial charge is 0.254 e. The summed E-state index contributed by atoms with van der Waals surface area (Å²) in [7, 11) is 1.60. The van der Waals surface area contributed by atoms with Crippen LogP contribution in [0.15, 0.2) is 39.9 Å². The van der Waals surface area contributed by atoms with Gasteiger partial charge in [0.25, 0.3) is 11.8 Å². The summed E-state index contributed by atoms with van der Waals surface area (Å²) in [5.74, 6) is 1.71. The molecule has 1 saturated heterocycles. The fourth-order valence-electron chi connectivity index (χ4n) is 4.94. The average molecular weight is 401 g/mol. The maximum absolute atomic E-state index is 12.8. The zero-order valence-corrected chi connectivity index (χ0v) is 15.2. The molecule has 5 nitrogen and oxygen atoms in total. The van der Waals surface area contributed by atoms with Crippen molar-refractivity contribution in [1.82, 2.24) is 5.01 Å². The number of nitrogens with zero attached hydrogens (tertiary/aromatic N) is 2. The van der Waals surface area contributed by atoms with E-state index < -0.39 is 0 Å². The molecule has 6 rings (SSSR count). The van der Waals surface area contributed by atoms with Gasteiger partial charge in [-0.25, -0.2) is 0 Å². The Hall–Kier alpha value is -1.95. The number of methoxy groups -OCH3 is 1. The monoisotopic (exact) mass is 400 g/mol. The molecule has 2 bridgehead atoms. The largest absolute Gasteiger partial charge is 0.496 e. The molecule has 1 heterocycles. The molecule has 2 saturated carbocycles. The third-order valence-electron chi connectivity index (χ3n) is 6.14. The first-order chi connectivity index (χ1) is 12.1. The highest BCUT2D eigenvalue weighted by Gasteiger charge is 2.67. The molecule has 0 spiro atoms. The standard InChI is InChI=1S/C19H17BrN2O3/c1-25-15-5-2-9(6-14(15)20)8-21-22-18(23)16-10-3-4-11(13-7-12(10)13)17(16)19(22)24/h2-6,8,10-13,16-17H,7H2,1H3/b21-8-/t10-,11-,12-,13-,16-,17+/m0/s1. The Balaban J connectivity index is 1.41. The Kier molecular flexibility index (Phi) is 3.23. The lowest BCUT2D eigenvalue weighted by Gasteiger charge is -2.37. The second-order valence-corrected chi connectivity index (χ2v) is 8.14. The molecule has 1 aromatic rings. The van der Waals surface area contributed by atoms with Gasteiger partial charge in [-0.1, -0.05) is 12.2 Å². The Morgan fingerprint density at radius 2 is 1.80 bits per heavy atom. The molecule has 0 radical (unpaired) electrons. The van der Waals surface area contributed by atoms with Crippen LogP contribution < -0.4 is 4.74 Å². The number of benzene rings is 1. The van der Waals surface area contributed by atoms with Gasteiger partial charge in [-0.15, -0.1) is 0 Å². The predicted molar refractivity (Wildman–Crippen MR) is 94.8 cm³/mol. The first-order valence-corrected chi connectivity index (χ1v) is 9.33. The maximum Gasteiger partial charge on any atom is 0.254 e. The van der Waals surface area contributed by atoms with Crippen molar-refractivity contribution in [3.63, 3.8) is 0 Å². The summed E-state index contributed by atoms with van der Waals surface area (Å²) < 4.78 is 6.00. The van der Waals surface area contributed by atoms with Crippen LogP contribution in [-0.2, 0) is 9.59 Å². The summed E-state index contributed by atoms with van der Waals surface area (Å²) in [5.41, 5.74) is 0.798. The number of halogens is 1. The highest BCUT2D eigenvalue weighted by Crippen LogP contribution is 2.65. The minimum atomic E-state index is -0.203. The van der Waals surface area contributed by atoms with Gasteiger partial charge in [0.1, 0.15) is 5.75 Å². The third kappa shape index (κ3) is 2.09. The highest BCUT2D eigenvalue weighted by molar-refractivity contribution is 9.10. The number of carbonyl (C=O) groups is 2. The van der Waals surface area contributed by atoms with Gasteiger partial charge < -0.3 is 4.74 Å². The number of amides is 2. The van der Waals surface area contributed by atoms with Gasteiger partial charge in [0.2, 0.25) is 0 Å². The summed E-state index contributed by atoms with van der Waals surface area (Å²) >= 11 is 3.43. The number of carbonyl (C=O) groups excluding carboxylic acids is 2. The van der Waals surface area contributed by atoms with E-state index in [1.54, 1.807) is 13.3 Å². The summed E-state index contributed by atoms with van der Waals surface area (Å²) in [6, 6.07) is 5.50. The molecule has 4 aliphatic carbocycles. The van der Waals surface area contributed by atoms with Gasteiger partial charge in [-0.2, -0.15) is 10.1 Å². The summed E-state index contributed by atoms with van der Waals surface area (Å²) in [5, 5.41) is 5.34. The lowest BCUT2D eigenvalue weighted by Crippen LogP contribution is -2.40. The number of rotatable bonds is 3. The molecule has 0 unspecified atom stereocenters. The third-order valence-corrected chi connectivity index (χ3v) is 6.76. The van der Waals surface area contributed by atoms with Gasteiger partial charge in [0, 0.05) is 0 Å². The molecule has 2 amide bonds. The first-order valence-electron chi connectivity index (χ1n) is 8.54. The molecule has 6 atom stereocenters. The van der Waals surface area contributed by atoms with E-state index in [1.807, 2.05) is 18.2 Å². The fourth-order valence-corrected chi connectivity index (χ4v) is 5.50. The quantitative estimate of drug-likeness (QED) is 0.445. The predicted octanol–water partition coefficient (Wildman–Crippen LogP) is 2.84. The van der Waals surface area contributed by atoms with Crippen molar-refractivity contribution in [2.45, 2.75) is 6.42 Å². The van der Waals surface area contributed by atoms with Crippen molar-refractivity contribution in [2.24, 2.45) is 40.6 Å². The second kappa shape index (κ2) is 5.27. The molecule has 6 heteroatoms. The molecule has 25 heavy (non-hydrogen) atoms. The molecule has 0 N–H and O–H groups in total. The van der Waals surface area contributed by atoms with E-state index in [2.05, 4.69) is 33.2 Å². The lowest BCUT2D eigenvalue weighted by molar-refractivity contribution is -0.140. The van der Waals surface area contributed by atoms with E-state index in [1.165, 1.54) is 6.42 Å². The molecule has 128 valence electrons. The van der Waals surface area contributed by atoms with E-state index in [4.69, 9.17) is 4.74 Å². The van der Waals surface area contributed by atoms with E-state index in [0.29, 0.717) is 11.8 Å². The Morgan fingerprint density at radius 1 is 1.16 bits per heavy atom. The van der Waals surface area contributed by atoms with Crippen molar-refractivity contribution in [1.29, 1.82) is 0 Å². The first kappa shape index (κ1) is 15.3. The number of allylic oxidation sites excluding steroid dienone is 2. The van der Waals surface area contributed by atoms with Gasteiger partial charge in [0.15, 0.2) is 0 Å². The van der Waals surface area contributed by atoms with Crippen molar-refractivity contribution in [3.05, 3.63) is 40.4 Å². The molecule has 1 aromatic carbocycles. The van der Waals surface area contributed by atoms with E-state index >= 15 is 0 Å². The lowest BCUT2D eigenvalue weighted by atomic mass is 9.63. The van der Waals surface area contributed by atoms with E-state index in [-0.39, 0.29) is 35.5 Å². The topological polar surface area (TPSA) is 59.0 Å². The minimum Gasteiger partial charge on any atom is -0.496 e. The zero-order chi connectivity index (χ0) is 17.3. The molecule has 5 aliphatic rings. The van der Waals surface area contributed by atoms with Gasteiger partial charge in [0.05, 0.1) is 29.6 Å². The zero-order valence-electron chi connectivity index (χ0n) is 13.6. The summed E-state index contributed by atoms with van der Waals surface area (Å²) in [6.45, 7) is 0. The van der Waals surface area contributed by atoms with Crippen molar-refractivity contribution < 1.29 is 14.3 Å². The van der Waals surface area contributed by atoms with Crippen LogP contribution >= 0.6 is 15.9 Å². The Morgan fingerprint density at radius 3 is 2.36 bits per heavy atom. The summed E-state index contributed by atoms with van der Waals surface area (Å²) in [4.78, 5) is 25.6. The molecule has 3 fully saturated rings. The Bertz CT molecular complexity index is 813. The van der Waals surface area contributed by atoms with Gasteiger partial charge in [-0.3, -0.25) is 9.59 Å². The van der Waals surface area contributed by atoms with Crippen LogP contribution in [0.25, 0.3) is 0 Å². The number of hydrogen-bond acceptors (Lipinski definition) is 4. The van der Waals surface area contributed by atoms with Crippen LogP contribution in [0, 0.1) is 35.5 Å². The SMILES string of the molecule is COc1ccc(/C=N\N2C(=O)[C@@H]3[C@H]4C=C[C@@H]([C@@H]5C[C@@H]45)[C@@H]3C2=O)cc1Br. The van der Waals surface area contributed by atoms with Crippen molar-refractivity contribution in [2.75, 3.05) is 7.11 Å². The second-order valence-electron chi connectivity index (χ2n) is 7.28. The molecule has 0 aromatic heterocycles. The maximum atomic E-state index is 12.8. The van der Waals surface area contributed by atoms with Crippen molar-refractivity contribution >= 4 is 34.0 Å². The number of hydrogen-bond donors (Lipinski definition) is 0. The number of imide groups is 1. The fraction of sp³-hybridized carbons (Fsp3) is 0.421. The number of ether oxygens (including phenoxy) is 1. The van der Waals surface area contributed by atoms with Crippen LogP contribution in [0.2, 0.25) is 0 Å². The van der Waals surface area contributed by atoms with Crippen LogP contribution in [-0.4, -0.2) is 30.1 Å². The molecule has 1 aliphatic heterocycles. The van der Waals surface area contributed by atoms with E-state index in [9.17, 15) is 9.59 Å². The molecular weight excluding hydrogens is 384 g/mol. The normalized spacial score (nSPS) is 37.6. The van der Waals surface area contributed by atoms with Gasteiger partial charge in [-0.05, 0) is 69.8 Å². The summed E-state index contributed by atoms with van der Waals surface area (Å²) in [6.07, 6.45) is 7.06.